The molecule has 1 aromatic rings. The van der Waals surface area contributed by atoms with Crippen LogP contribution in [0.5, 0.6) is 0 Å². The molecule has 1 aliphatic rings. The lowest BCUT2D eigenvalue weighted by Gasteiger charge is -2.25. The first-order chi connectivity index (χ1) is 9.52. The van der Waals surface area contributed by atoms with Crippen LogP contribution in [0, 0.1) is 11.3 Å². The van der Waals surface area contributed by atoms with E-state index in [4.69, 9.17) is 5.26 Å². The highest BCUT2D eigenvalue weighted by Gasteiger charge is 2.39. The van der Waals surface area contributed by atoms with Crippen molar-refractivity contribution < 1.29 is 20.4 Å². The first-order valence-corrected chi connectivity index (χ1v) is 7.96. The van der Waals surface area contributed by atoms with Crippen LogP contribution in [0.1, 0.15) is 5.56 Å². The van der Waals surface area contributed by atoms with Crippen molar-refractivity contribution in [1.29, 1.82) is 5.26 Å². The van der Waals surface area contributed by atoms with Gasteiger partial charge < -0.3 is 20.4 Å². The largest absolute Gasteiger partial charge is 0.389 e. The second kappa shape index (κ2) is 6.80. The minimum atomic E-state index is -1.38. The number of aliphatic hydroxyl groups is 4. The predicted molar refractivity (Wildman–Crippen MR) is 77.3 cm³/mol. The van der Waals surface area contributed by atoms with Gasteiger partial charge >= 0.3 is 0 Å². The van der Waals surface area contributed by atoms with Crippen LogP contribution in [-0.4, -0.2) is 55.2 Å². The minimum absolute atomic E-state index is 0.239. The monoisotopic (exact) mass is 313 g/mol. The molecule has 0 spiro atoms. The molecule has 0 amide bonds. The van der Waals surface area contributed by atoms with Crippen LogP contribution in [-0.2, 0) is 0 Å². The zero-order chi connectivity index (χ0) is 14.7. The third kappa shape index (κ3) is 3.47. The second-order valence-corrected chi connectivity index (χ2v) is 7.18. The summed E-state index contributed by atoms with van der Waals surface area (Å²) in [5.41, 5.74) is 0.550. The number of hydrogen-bond acceptors (Lipinski definition) is 7. The molecule has 7 heteroatoms. The second-order valence-electron chi connectivity index (χ2n) is 4.49. The highest BCUT2D eigenvalue weighted by molar-refractivity contribution is 8.17. The van der Waals surface area contributed by atoms with Gasteiger partial charge in [0.1, 0.15) is 18.3 Å². The number of rotatable bonds is 2. The molecular weight excluding hydrogens is 298 g/mol. The quantitative estimate of drug-likeness (QED) is 0.617. The van der Waals surface area contributed by atoms with E-state index in [9.17, 15) is 20.4 Å². The average molecular weight is 313 g/mol. The van der Waals surface area contributed by atoms with Crippen molar-refractivity contribution >= 4 is 23.5 Å². The van der Waals surface area contributed by atoms with Crippen LogP contribution < -0.4 is 0 Å². The molecule has 1 aromatic carbocycles. The van der Waals surface area contributed by atoms with Crippen LogP contribution in [0.4, 0.5) is 0 Å². The van der Waals surface area contributed by atoms with Crippen molar-refractivity contribution in [3.8, 4) is 6.07 Å². The number of aliphatic hydroxyl groups excluding tert-OH is 4. The minimum Gasteiger partial charge on any atom is -0.389 e. The first-order valence-electron chi connectivity index (χ1n) is 6.03. The van der Waals surface area contributed by atoms with Crippen LogP contribution in [0.3, 0.4) is 0 Å². The molecule has 2 rings (SSSR count). The maximum atomic E-state index is 10.1. The summed E-state index contributed by atoms with van der Waals surface area (Å²) >= 11 is 2.62. The Kier molecular flexibility index (Phi) is 5.32. The number of thioether (sulfide) groups is 2. The van der Waals surface area contributed by atoms with Crippen molar-refractivity contribution in [2.45, 2.75) is 33.9 Å². The van der Waals surface area contributed by atoms with E-state index < -0.39 is 29.0 Å². The molecule has 20 heavy (non-hydrogen) atoms. The van der Waals surface area contributed by atoms with Crippen molar-refractivity contribution in [2.24, 2.45) is 0 Å². The van der Waals surface area contributed by atoms with E-state index in [1.165, 1.54) is 23.5 Å². The molecule has 0 aromatic heterocycles. The Hall–Kier alpha value is -0.750. The molecule has 0 bridgehead atoms. The maximum absolute atomic E-state index is 10.1. The molecule has 1 heterocycles. The topological polar surface area (TPSA) is 105 Å². The summed E-state index contributed by atoms with van der Waals surface area (Å²) in [5, 5.41) is 47.8. The van der Waals surface area contributed by atoms with Crippen LogP contribution in [0.15, 0.2) is 29.2 Å². The lowest BCUT2D eigenvalue weighted by molar-refractivity contribution is -0.0910. The van der Waals surface area contributed by atoms with Gasteiger partial charge in [-0.25, -0.2) is 0 Å². The molecule has 5 atom stereocenters. The van der Waals surface area contributed by atoms with Crippen molar-refractivity contribution in [2.75, 3.05) is 5.75 Å². The van der Waals surface area contributed by atoms with Gasteiger partial charge in [0.25, 0.3) is 0 Å². The van der Waals surface area contributed by atoms with E-state index in [2.05, 4.69) is 0 Å². The molecule has 1 saturated heterocycles. The van der Waals surface area contributed by atoms with Crippen molar-refractivity contribution in [3.05, 3.63) is 29.8 Å². The van der Waals surface area contributed by atoms with Crippen LogP contribution >= 0.6 is 23.5 Å². The van der Waals surface area contributed by atoms with E-state index in [-0.39, 0.29) is 5.75 Å². The van der Waals surface area contributed by atoms with Crippen molar-refractivity contribution in [1.82, 2.24) is 0 Å². The molecular formula is C13H15NO4S2. The summed E-state index contributed by atoms with van der Waals surface area (Å²) in [6.45, 7) is 0. The van der Waals surface area contributed by atoms with Crippen LogP contribution in [0.2, 0.25) is 0 Å². The molecule has 4 N–H and O–H groups in total. The summed E-state index contributed by atoms with van der Waals surface area (Å²) in [4.78, 5) is 0.846. The number of nitrogens with zero attached hydrogens (tertiary/aromatic N) is 1. The van der Waals surface area contributed by atoms with Gasteiger partial charge in [-0.3, -0.25) is 0 Å². The number of hydrogen-bond donors (Lipinski definition) is 4. The maximum Gasteiger partial charge on any atom is 0.110 e. The van der Waals surface area contributed by atoms with Gasteiger partial charge in [-0.1, -0.05) is 0 Å². The fourth-order valence-electron chi connectivity index (χ4n) is 1.83. The Morgan fingerprint density at radius 3 is 2.30 bits per heavy atom. The normalized spacial score (nSPS) is 34.2. The molecule has 0 aliphatic carbocycles. The van der Waals surface area contributed by atoms with Gasteiger partial charge in [-0.2, -0.15) is 5.26 Å². The summed E-state index contributed by atoms with van der Waals surface area (Å²) < 4.78 is -0.398. The average Bonchev–Trinajstić information content (AvgIpc) is 2.56. The molecule has 0 unspecified atom stereocenters. The Morgan fingerprint density at radius 2 is 1.70 bits per heavy atom. The summed E-state index contributed by atoms with van der Waals surface area (Å²) in [6.07, 6.45) is -4.93. The highest BCUT2D eigenvalue weighted by Crippen LogP contribution is 2.37. The van der Waals surface area contributed by atoms with E-state index >= 15 is 0 Å². The standard InChI is InChI=1S/C13H15NO4S2/c14-5-7-1-3-8(4-2-7)20-13-12(18)11(17)10(16)9(15)6-19-13/h1-4,9-13,15-18H,6H2/t9-,10-,11+,12-,13+/m1/s1. The Bertz CT molecular complexity index is 490. The number of benzene rings is 1. The predicted octanol–water partition coefficient (Wildman–Crippen LogP) is 0.167. The fraction of sp³-hybridized carbons (Fsp3) is 0.462. The van der Waals surface area contributed by atoms with Gasteiger partial charge in [0.2, 0.25) is 0 Å². The molecule has 1 aliphatic heterocycles. The first kappa shape index (κ1) is 15.6. The smallest absolute Gasteiger partial charge is 0.110 e. The van der Waals surface area contributed by atoms with Gasteiger partial charge in [0.05, 0.1) is 22.3 Å². The third-order valence-electron chi connectivity index (χ3n) is 3.04. The fourth-order valence-corrected chi connectivity index (χ4v) is 4.47. The Balaban J connectivity index is 2.09. The van der Waals surface area contributed by atoms with E-state index in [1.807, 2.05) is 6.07 Å². The Morgan fingerprint density at radius 1 is 1.05 bits per heavy atom. The Labute approximate surface area is 125 Å². The van der Waals surface area contributed by atoms with E-state index in [1.54, 1.807) is 24.3 Å². The molecule has 5 nitrogen and oxygen atoms in total. The molecule has 0 saturated carbocycles. The highest BCUT2D eigenvalue weighted by atomic mass is 32.2. The lowest BCUT2D eigenvalue weighted by atomic mass is 10.1. The summed E-state index contributed by atoms with van der Waals surface area (Å²) in [6, 6.07) is 8.91. The van der Waals surface area contributed by atoms with Gasteiger partial charge in [-0.15, -0.1) is 23.5 Å². The SMILES string of the molecule is N#Cc1ccc(S[C@@H]2SC[C@@H](O)[C@@H](O)[C@H](O)[C@H]2O)cc1. The van der Waals surface area contributed by atoms with Crippen LogP contribution in [0.25, 0.3) is 0 Å². The van der Waals surface area contributed by atoms with Gasteiger partial charge in [0.15, 0.2) is 0 Å². The van der Waals surface area contributed by atoms with E-state index in [0.717, 1.165) is 4.90 Å². The summed E-state index contributed by atoms with van der Waals surface area (Å²) in [7, 11) is 0. The molecule has 1 fully saturated rings. The molecule has 108 valence electrons. The summed E-state index contributed by atoms with van der Waals surface area (Å²) in [5.74, 6) is 0.239. The van der Waals surface area contributed by atoms with E-state index in [0.29, 0.717) is 5.56 Å². The zero-order valence-electron chi connectivity index (χ0n) is 10.5. The molecule has 0 radical (unpaired) electrons. The number of nitriles is 1. The zero-order valence-corrected chi connectivity index (χ0v) is 12.1. The third-order valence-corrected chi connectivity index (χ3v) is 5.93. The van der Waals surface area contributed by atoms with Gasteiger partial charge in [0, 0.05) is 10.6 Å². The lowest BCUT2D eigenvalue weighted by Crippen LogP contribution is -2.45. The van der Waals surface area contributed by atoms with Crippen molar-refractivity contribution in [3.63, 3.8) is 0 Å². The van der Waals surface area contributed by atoms with Gasteiger partial charge in [-0.05, 0) is 24.3 Å².